The van der Waals surface area contributed by atoms with Gasteiger partial charge in [0.25, 0.3) is 0 Å². The summed E-state index contributed by atoms with van der Waals surface area (Å²) in [6.07, 6.45) is 1.79. The lowest BCUT2D eigenvalue weighted by atomic mass is 9.99. The van der Waals surface area contributed by atoms with E-state index in [1.165, 1.54) is 16.7 Å². The van der Waals surface area contributed by atoms with Gasteiger partial charge in [0, 0.05) is 32.1 Å². The lowest BCUT2D eigenvalue weighted by molar-refractivity contribution is -0.152. The van der Waals surface area contributed by atoms with Gasteiger partial charge in [0.05, 0.1) is 12.1 Å². The molecule has 3 heterocycles. The summed E-state index contributed by atoms with van der Waals surface area (Å²) in [6, 6.07) is -2.72. The fourth-order valence-electron chi connectivity index (χ4n) is 7.65. The first-order valence-electron chi connectivity index (χ1n) is 17.1. The molecule has 13 nitrogen and oxygen atoms in total. The fourth-order valence-corrected chi connectivity index (χ4v) is 7.65. The molecule has 4 fully saturated rings. The minimum Gasteiger partial charge on any atom is -0.391 e. The summed E-state index contributed by atoms with van der Waals surface area (Å²) < 4.78 is 27.3. The van der Waals surface area contributed by atoms with Gasteiger partial charge >= 0.3 is 0 Å². The highest BCUT2D eigenvalue weighted by Gasteiger charge is 2.63. The lowest BCUT2D eigenvalue weighted by Crippen LogP contribution is -2.61. The van der Waals surface area contributed by atoms with Crippen LogP contribution < -0.4 is 16.4 Å². The number of carbonyl (C=O) groups is 6. The van der Waals surface area contributed by atoms with Gasteiger partial charge in [-0.25, -0.2) is 8.78 Å². The van der Waals surface area contributed by atoms with E-state index in [0.29, 0.717) is 57.6 Å². The van der Waals surface area contributed by atoms with Gasteiger partial charge in [-0.15, -0.1) is 0 Å². The zero-order chi connectivity index (χ0) is 35.8. The van der Waals surface area contributed by atoms with Gasteiger partial charge in [-0.1, -0.05) is 6.92 Å². The van der Waals surface area contributed by atoms with Crippen LogP contribution in [0.2, 0.25) is 0 Å². The summed E-state index contributed by atoms with van der Waals surface area (Å²) >= 11 is 0. The molecule has 5 rings (SSSR count). The number of nitrogens with two attached hydrogens (primary N) is 1. The Bertz CT molecular complexity index is 1490. The Kier molecular flexibility index (Phi) is 10.7. The number of hydrogen-bond acceptors (Lipinski definition) is 8. The number of amides is 5. The maximum absolute atomic E-state index is 14.0. The van der Waals surface area contributed by atoms with Crippen molar-refractivity contribution in [2.75, 3.05) is 19.6 Å². The fraction of sp³-hybridized carbons (Fsp3) is 0.647. The molecule has 0 bridgehead atoms. The Morgan fingerprint density at radius 2 is 1.59 bits per heavy atom. The van der Waals surface area contributed by atoms with E-state index < -0.39 is 77.1 Å². The molecule has 1 saturated carbocycles. The monoisotopic (exact) mass is 688 g/mol. The van der Waals surface area contributed by atoms with Crippen molar-refractivity contribution in [1.82, 2.24) is 25.3 Å². The van der Waals surface area contributed by atoms with Crippen LogP contribution >= 0.6 is 0 Å². The highest BCUT2D eigenvalue weighted by molar-refractivity contribution is 6.09. The first-order chi connectivity index (χ1) is 23.1. The number of ketones is 1. The van der Waals surface area contributed by atoms with Crippen molar-refractivity contribution in [3.05, 3.63) is 35.4 Å². The molecule has 15 heteroatoms. The van der Waals surface area contributed by atoms with Crippen LogP contribution in [0.25, 0.3) is 0 Å². The number of halogens is 2. The zero-order valence-electron chi connectivity index (χ0n) is 28.1. The van der Waals surface area contributed by atoms with Gasteiger partial charge in [0.15, 0.2) is 5.78 Å². The molecule has 5 N–H and O–H groups in total. The number of likely N-dealkylation sites (tertiary alicyclic amines) is 3. The van der Waals surface area contributed by atoms with Gasteiger partial charge in [0.1, 0.15) is 41.3 Å². The van der Waals surface area contributed by atoms with Crippen LogP contribution in [0.3, 0.4) is 0 Å². The Morgan fingerprint density at radius 3 is 2.22 bits per heavy atom. The third-order valence-electron chi connectivity index (χ3n) is 10.2. The molecule has 1 aromatic carbocycles. The third kappa shape index (κ3) is 7.62. The van der Waals surface area contributed by atoms with Gasteiger partial charge in [0.2, 0.25) is 29.5 Å². The van der Waals surface area contributed by atoms with E-state index in [2.05, 4.69) is 10.6 Å². The molecule has 5 amide bonds. The van der Waals surface area contributed by atoms with Crippen molar-refractivity contribution < 1.29 is 42.7 Å². The van der Waals surface area contributed by atoms with Crippen molar-refractivity contribution in [3.63, 3.8) is 0 Å². The molecule has 1 aliphatic carbocycles. The minimum absolute atomic E-state index is 0.0317. The van der Waals surface area contributed by atoms with Crippen LogP contribution in [0.4, 0.5) is 8.78 Å². The SMILES string of the molecule is C[C@@H]1CN(C(=O)[C@H](C)NC(=O)[C@@H]2CCCCN2C(=O)[C@@H]2CCCN2C(=O)[C@@H](NC(=O)[C@@H](N)Cc2cc(F)cc(F)c2)[C@H](C)O)C2(CC2=O)C1. The smallest absolute Gasteiger partial charge is 0.248 e. The summed E-state index contributed by atoms with van der Waals surface area (Å²) in [5.74, 6) is -4.26. The van der Waals surface area contributed by atoms with Gasteiger partial charge < -0.3 is 36.2 Å². The van der Waals surface area contributed by atoms with E-state index in [1.54, 1.807) is 11.8 Å². The maximum atomic E-state index is 14.0. The number of benzene rings is 1. The highest BCUT2D eigenvalue weighted by Crippen LogP contribution is 2.48. The van der Waals surface area contributed by atoms with Gasteiger partial charge in [-0.05, 0) is 82.4 Å². The molecule has 1 unspecified atom stereocenters. The van der Waals surface area contributed by atoms with Crippen LogP contribution in [-0.4, -0.2) is 117 Å². The average Bonchev–Trinajstić information content (AvgIpc) is 3.34. The predicted octanol–water partition coefficient (Wildman–Crippen LogP) is 0.157. The van der Waals surface area contributed by atoms with Crippen molar-refractivity contribution in [3.8, 4) is 0 Å². The van der Waals surface area contributed by atoms with Crippen LogP contribution in [0.1, 0.15) is 71.3 Å². The standard InChI is InChI=1S/C34H46F2N6O7/c1-18-15-34(16-27(34)44)42(17-18)31(47)19(2)38-30(46)25-7-4-5-9-40(25)32(48)26-8-6-10-41(26)33(49)28(20(3)43)39-29(45)24(37)13-21-11-22(35)14-23(36)12-21/h11-12,14,18-20,24-26,28,43H,4-10,13,15-17,37H2,1-3H3,(H,38,46)(H,39,45)/t18-,19-,20-,24-,25-,26-,28-,34?/m0/s1. The first kappa shape index (κ1) is 36.3. The number of carbonyl (C=O) groups excluding carboxylic acids is 6. The van der Waals surface area contributed by atoms with E-state index in [1.807, 2.05) is 6.92 Å². The molecule has 0 radical (unpaired) electrons. The summed E-state index contributed by atoms with van der Waals surface area (Å²) in [6.45, 7) is 5.75. The third-order valence-corrected chi connectivity index (χ3v) is 10.2. The molecule has 8 atom stereocenters. The molecular weight excluding hydrogens is 642 g/mol. The highest BCUT2D eigenvalue weighted by atomic mass is 19.1. The number of Topliss-reactive ketones (excluding diaryl/α,β-unsaturated/α-hetero) is 1. The number of aliphatic hydroxyl groups is 1. The van der Waals surface area contributed by atoms with Crippen LogP contribution in [0, 0.1) is 17.6 Å². The largest absolute Gasteiger partial charge is 0.391 e. The Labute approximate surface area is 283 Å². The second-order valence-electron chi connectivity index (χ2n) is 14.2. The Hall–Kier alpha value is -3.98. The van der Waals surface area contributed by atoms with Crippen molar-refractivity contribution in [2.45, 2.75) is 114 Å². The Balaban J connectivity index is 1.23. The topological polar surface area (TPSA) is 182 Å². The van der Waals surface area contributed by atoms with Crippen molar-refractivity contribution in [1.29, 1.82) is 0 Å². The molecule has 1 spiro atoms. The lowest BCUT2D eigenvalue weighted by Gasteiger charge is -2.39. The predicted molar refractivity (Wildman–Crippen MR) is 171 cm³/mol. The van der Waals surface area contributed by atoms with Gasteiger partial charge in [-0.3, -0.25) is 28.8 Å². The number of nitrogens with one attached hydrogen (secondary N) is 2. The summed E-state index contributed by atoms with van der Waals surface area (Å²) in [5, 5.41) is 15.7. The van der Waals surface area contributed by atoms with E-state index in [4.69, 9.17) is 5.73 Å². The van der Waals surface area contributed by atoms with Gasteiger partial charge in [-0.2, -0.15) is 0 Å². The summed E-state index contributed by atoms with van der Waals surface area (Å²) in [7, 11) is 0. The molecular formula is C34H46F2N6O7. The minimum atomic E-state index is -1.46. The summed E-state index contributed by atoms with van der Waals surface area (Å²) in [4.78, 5) is 84.2. The molecule has 49 heavy (non-hydrogen) atoms. The van der Waals surface area contributed by atoms with Crippen LogP contribution in [0.15, 0.2) is 18.2 Å². The number of hydrogen-bond donors (Lipinski definition) is 4. The number of piperidine rings is 1. The Morgan fingerprint density at radius 1 is 0.959 bits per heavy atom. The van der Waals surface area contributed by atoms with E-state index in [9.17, 15) is 42.7 Å². The molecule has 0 aromatic heterocycles. The number of rotatable bonds is 10. The normalized spacial score (nSPS) is 27.4. The average molecular weight is 689 g/mol. The second-order valence-corrected chi connectivity index (χ2v) is 14.2. The number of nitrogens with zero attached hydrogens (tertiary/aromatic N) is 3. The second kappa shape index (κ2) is 14.5. The molecule has 3 aliphatic heterocycles. The molecule has 1 aromatic rings. The first-order valence-corrected chi connectivity index (χ1v) is 17.1. The van der Waals surface area contributed by atoms with Crippen molar-refractivity contribution in [2.24, 2.45) is 11.7 Å². The van der Waals surface area contributed by atoms with Crippen molar-refractivity contribution >= 4 is 35.3 Å². The molecule has 4 aliphatic rings. The molecule has 3 saturated heterocycles. The van der Waals surface area contributed by atoms with Crippen LogP contribution in [0.5, 0.6) is 0 Å². The maximum Gasteiger partial charge on any atom is 0.248 e. The zero-order valence-corrected chi connectivity index (χ0v) is 28.1. The summed E-state index contributed by atoms with van der Waals surface area (Å²) in [5.41, 5.74) is 5.37. The van der Waals surface area contributed by atoms with E-state index in [-0.39, 0.29) is 42.7 Å². The van der Waals surface area contributed by atoms with Crippen LogP contribution in [-0.2, 0) is 35.2 Å². The van der Waals surface area contributed by atoms with E-state index in [0.717, 1.165) is 12.1 Å². The van der Waals surface area contributed by atoms with E-state index >= 15 is 0 Å². The quantitative estimate of drug-likeness (QED) is 0.268. The number of aliphatic hydroxyl groups excluding tert-OH is 1. The molecule has 268 valence electrons.